The molecule has 0 saturated heterocycles. The van der Waals surface area contributed by atoms with Gasteiger partial charge < -0.3 is 9.64 Å². The Morgan fingerprint density at radius 2 is 1.86 bits per heavy atom. The zero-order valence-corrected chi connectivity index (χ0v) is 14.7. The molecule has 0 aliphatic carbocycles. The fraction of sp³-hybridized carbons (Fsp3) is 0.211. The third-order valence-corrected chi connectivity index (χ3v) is 3.77. The lowest BCUT2D eigenvalue weighted by Crippen LogP contribution is -2.35. The van der Waals surface area contributed by atoms with Crippen molar-refractivity contribution in [2.75, 3.05) is 18.1 Å². The fourth-order valence-electron chi connectivity index (χ4n) is 2.45. The number of nitro benzene ring substituents is 1. The van der Waals surface area contributed by atoms with Crippen LogP contribution in [0.15, 0.2) is 48.5 Å². The lowest BCUT2D eigenvalue weighted by molar-refractivity contribution is -0.385. The van der Waals surface area contributed by atoms with Crippen molar-refractivity contribution < 1.29 is 23.6 Å². The van der Waals surface area contributed by atoms with Crippen molar-refractivity contribution in [3.05, 3.63) is 70.0 Å². The van der Waals surface area contributed by atoms with Crippen molar-refractivity contribution in [1.82, 2.24) is 0 Å². The summed E-state index contributed by atoms with van der Waals surface area (Å²) in [5.41, 5.74) is 0.314. The number of esters is 1. The molecule has 8 nitrogen and oxygen atoms in total. The Kier molecular flexibility index (Phi) is 7.16. The molecule has 0 atom stereocenters. The second-order valence-corrected chi connectivity index (χ2v) is 5.65. The molecule has 0 spiro atoms. The Bertz CT molecular complexity index is 909. The molecule has 0 saturated carbocycles. The first kappa shape index (κ1) is 20.5. The number of nitriles is 1. The molecular weight excluding hydrogens is 369 g/mol. The summed E-state index contributed by atoms with van der Waals surface area (Å²) >= 11 is 0. The van der Waals surface area contributed by atoms with Gasteiger partial charge in [0.05, 0.1) is 23.8 Å². The van der Waals surface area contributed by atoms with E-state index in [0.29, 0.717) is 5.69 Å². The Labute approximate surface area is 159 Å². The molecule has 0 heterocycles. The summed E-state index contributed by atoms with van der Waals surface area (Å²) in [6.45, 7) is -0.565. The average Bonchev–Trinajstić information content (AvgIpc) is 2.68. The van der Waals surface area contributed by atoms with E-state index in [9.17, 15) is 24.1 Å². The van der Waals surface area contributed by atoms with Gasteiger partial charge in [-0.1, -0.05) is 18.2 Å². The monoisotopic (exact) mass is 385 g/mol. The SMILES string of the molecule is N#CCCN(C(=O)COC(=O)Cc1ccccc1[N+](=O)[O-])c1ccc(F)cc1. The first-order chi connectivity index (χ1) is 13.4. The van der Waals surface area contributed by atoms with Crippen molar-refractivity contribution >= 4 is 23.3 Å². The summed E-state index contributed by atoms with van der Waals surface area (Å²) in [5.74, 6) is -1.88. The minimum absolute atomic E-state index is 0.0350. The van der Waals surface area contributed by atoms with Crippen LogP contribution in [0.2, 0.25) is 0 Å². The zero-order valence-electron chi connectivity index (χ0n) is 14.7. The van der Waals surface area contributed by atoms with Crippen LogP contribution in [0.5, 0.6) is 0 Å². The van der Waals surface area contributed by atoms with Crippen molar-refractivity contribution in [2.24, 2.45) is 0 Å². The van der Waals surface area contributed by atoms with Crippen molar-refractivity contribution in [1.29, 1.82) is 5.26 Å². The van der Waals surface area contributed by atoms with Gasteiger partial charge in [-0.15, -0.1) is 0 Å². The molecule has 0 aromatic heterocycles. The fourth-order valence-corrected chi connectivity index (χ4v) is 2.45. The van der Waals surface area contributed by atoms with Crippen LogP contribution in [0.4, 0.5) is 15.8 Å². The molecule has 1 amide bonds. The van der Waals surface area contributed by atoms with Crippen LogP contribution < -0.4 is 4.90 Å². The third kappa shape index (κ3) is 5.60. The largest absolute Gasteiger partial charge is 0.455 e. The molecule has 0 N–H and O–H groups in total. The number of carbonyl (C=O) groups excluding carboxylic acids is 2. The number of carbonyl (C=O) groups is 2. The second-order valence-electron chi connectivity index (χ2n) is 5.65. The minimum Gasteiger partial charge on any atom is -0.455 e. The number of amides is 1. The number of hydrogen-bond acceptors (Lipinski definition) is 6. The van der Waals surface area contributed by atoms with E-state index in [-0.39, 0.29) is 30.6 Å². The van der Waals surface area contributed by atoms with E-state index in [4.69, 9.17) is 10.00 Å². The third-order valence-electron chi connectivity index (χ3n) is 3.77. The number of nitrogens with zero attached hydrogens (tertiary/aromatic N) is 3. The van der Waals surface area contributed by atoms with E-state index < -0.39 is 29.2 Å². The maximum absolute atomic E-state index is 13.1. The van der Waals surface area contributed by atoms with Crippen LogP contribution in [0.25, 0.3) is 0 Å². The average molecular weight is 385 g/mol. The van der Waals surface area contributed by atoms with Crippen molar-refractivity contribution in [3.8, 4) is 6.07 Å². The predicted octanol–water partition coefficient (Wildman–Crippen LogP) is 2.77. The van der Waals surface area contributed by atoms with Gasteiger partial charge in [-0.05, 0) is 24.3 Å². The Balaban J connectivity index is 2.02. The first-order valence-electron chi connectivity index (χ1n) is 8.23. The van der Waals surface area contributed by atoms with Crippen molar-refractivity contribution in [2.45, 2.75) is 12.8 Å². The van der Waals surface area contributed by atoms with Gasteiger partial charge in [0.1, 0.15) is 5.82 Å². The number of rotatable bonds is 8. The molecule has 2 rings (SSSR count). The van der Waals surface area contributed by atoms with Gasteiger partial charge >= 0.3 is 5.97 Å². The standard InChI is InChI=1S/C19H16FN3O5/c20-15-6-8-16(9-7-15)22(11-3-10-21)18(24)13-28-19(25)12-14-4-1-2-5-17(14)23(26)27/h1-2,4-9H,3,11-13H2. The number of benzene rings is 2. The van der Waals surface area contributed by atoms with Crippen molar-refractivity contribution in [3.63, 3.8) is 0 Å². The van der Waals surface area contributed by atoms with E-state index in [0.717, 1.165) is 0 Å². The topological polar surface area (TPSA) is 114 Å². The zero-order chi connectivity index (χ0) is 20.5. The van der Waals surface area contributed by atoms with Gasteiger partial charge in [-0.3, -0.25) is 19.7 Å². The Hall–Kier alpha value is -3.80. The van der Waals surface area contributed by atoms with Gasteiger partial charge in [-0.25, -0.2) is 4.39 Å². The quantitative estimate of drug-likeness (QED) is 0.392. The predicted molar refractivity (Wildman–Crippen MR) is 96.7 cm³/mol. The van der Waals surface area contributed by atoms with E-state index >= 15 is 0 Å². The molecule has 0 aliphatic heterocycles. The maximum atomic E-state index is 13.1. The van der Waals surface area contributed by atoms with Crippen LogP contribution in [0.1, 0.15) is 12.0 Å². The van der Waals surface area contributed by atoms with Gasteiger partial charge in [-0.2, -0.15) is 5.26 Å². The molecule has 2 aromatic rings. The summed E-state index contributed by atoms with van der Waals surface area (Å²) in [5, 5.41) is 19.7. The molecule has 0 unspecified atom stereocenters. The highest BCUT2D eigenvalue weighted by Gasteiger charge is 2.20. The van der Waals surface area contributed by atoms with E-state index in [1.165, 1.54) is 47.4 Å². The first-order valence-corrected chi connectivity index (χ1v) is 8.23. The molecule has 144 valence electrons. The van der Waals surface area contributed by atoms with Gasteiger partial charge in [0, 0.05) is 23.9 Å². The van der Waals surface area contributed by atoms with Gasteiger partial charge in [0.25, 0.3) is 11.6 Å². The highest BCUT2D eigenvalue weighted by Crippen LogP contribution is 2.19. The highest BCUT2D eigenvalue weighted by atomic mass is 19.1. The lowest BCUT2D eigenvalue weighted by Gasteiger charge is -2.21. The lowest BCUT2D eigenvalue weighted by atomic mass is 10.1. The van der Waals surface area contributed by atoms with Crippen LogP contribution in [0.3, 0.4) is 0 Å². The molecule has 28 heavy (non-hydrogen) atoms. The number of halogens is 1. The van der Waals surface area contributed by atoms with E-state index in [2.05, 4.69) is 0 Å². The van der Waals surface area contributed by atoms with E-state index in [1.807, 2.05) is 6.07 Å². The van der Waals surface area contributed by atoms with Gasteiger partial charge in [0.2, 0.25) is 0 Å². The van der Waals surface area contributed by atoms with Gasteiger partial charge in [0.15, 0.2) is 6.61 Å². The molecule has 2 aromatic carbocycles. The summed E-state index contributed by atoms with van der Waals surface area (Å²) in [6.07, 6.45) is -0.327. The number of hydrogen-bond donors (Lipinski definition) is 0. The van der Waals surface area contributed by atoms with E-state index in [1.54, 1.807) is 6.07 Å². The number of para-hydroxylation sites is 1. The van der Waals surface area contributed by atoms with Crippen LogP contribution in [0, 0.1) is 27.3 Å². The molecule has 0 bridgehead atoms. The number of nitro groups is 1. The molecule has 0 aliphatic rings. The number of ether oxygens (including phenoxy) is 1. The minimum atomic E-state index is -0.804. The Morgan fingerprint density at radius 3 is 2.50 bits per heavy atom. The second kappa shape index (κ2) is 9.78. The normalized spacial score (nSPS) is 10.0. The summed E-state index contributed by atoms with van der Waals surface area (Å²) in [4.78, 5) is 36.0. The molecule has 0 radical (unpaired) electrons. The maximum Gasteiger partial charge on any atom is 0.311 e. The Morgan fingerprint density at radius 1 is 1.18 bits per heavy atom. The summed E-state index contributed by atoms with van der Waals surface area (Å²) < 4.78 is 18.0. The molecule has 9 heteroatoms. The molecule has 0 fully saturated rings. The number of anilines is 1. The summed E-state index contributed by atoms with van der Waals surface area (Å²) in [6, 6.07) is 12.7. The van der Waals surface area contributed by atoms with Crippen LogP contribution in [-0.4, -0.2) is 30.0 Å². The molecular formula is C19H16FN3O5. The smallest absolute Gasteiger partial charge is 0.311 e. The van der Waals surface area contributed by atoms with Crippen LogP contribution >= 0.6 is 0 Å². The van der Waals surface area contributed by atoms with Crippen LogP contribution in [-0.2, 0) is 20.7 Å². The summed E-state index contributed by atoms with van der Waals surface area (Å²) in [7, 11) is 0. The highest BCUT2D eigenvalue weighted by molar-refractivity contribution is 5.95.